The van der Waals surface area contributed by atoms with Crippen LogP contribution in [0.1, 0.15) is 24.5 Å². The number of anilines is 1. The number of aromatic nitrogens is 2. The second-order valence-electron chi connectivity index (χ2n) is 8.34. The highest BCUT2D eigenvalue weighted by Gasteiger charge is 2.33. The number of hydrogen-bond acceptors (Lipinski definition) is 4. The van der Waals surface area contributed by atoms with Crippen molar-refractivity contribution in [3.8, 4) is 22.5 Å². The Balaban J connectivity index is 1.44. The Morgan fingerprint density at radius 2 is 2.18 bits per heavy atom. The summed E-state index contributed by atoms with van der Waals surface area (Å²) in [5, 5.41) is 10.5. The van der Waals surface area contributed by atoms with Gasteiger partial charge in [-0.05, 0) is 48.6 Å². The van der Waals surface area contributed by atoms with Gasteiger partial charge in [-0.1, -0.05) is 24.3 Å². The van der Waals surface area contributed by atoms with E-state index < -0.39 is 6.09 Å². The second kappa shape index (κ2) is 8.43. The first kappa shape index (κ1) is 20.8. The van der Waals surface area contributed by atoms with Crippen molar-refractivity contribution < 1.29 is 14.3 Å². The van der Waals surface area contributed by atoms with Gasteiger partial charge in [0, 0.05) is 23.7 Å². The number of aromatic amines is 1. The maximum atomic E-state index is 12.4. The number of hydrogen-bond donors (Lipinski definition) is 2. The Kier molecular flexibility index (Phi) is 5.31. The molecule has 1 saturated heterocycles. The predicted octanol–water partition coefficient (Wildman–Crippen LogP) is 4.24. The van der Waals surface area contributed by atoms with Gasteiger partial charge in [0.25, 0.3) is 0 Å². The van der Waals surface area contributed by atoms with Crippen LogP contribution in [0.15, 0.2) is 42.5 Å². The molecular formula is C25H23N5O3. The molecule has 2 aliphatic rings. The number of carbonyl (C=O) groups excluding carboxylic acids is 2. The molecule has 1 fully saturated rings. The van der Waals surface area contributed by atoms with Crippen molar-refractivity contribution >= 4 is 23.4 Å². The molecule has 8 heteroatoms. The summed E-state index contributed by atoms with van der Waals surface area (Å²) in [6.45, 7) is 9.43. The molecule has 1 atom stereocenters. The van der Waals surface area contributed by atoms with Gasteiger partial charge in [-0.2, -0.15) is 5.10 Å². The van der Waals surface area contributed by atoms with Gasteiger partial charge in [0.2, 0.25) is 5.91 Å². The van der Waals surface area contributed by atoms with Crippen LogP contribution in [0.25, 0.3) is 27.4 Å². The quantitative estimate of drug-likeness (QED) is 0.593. The van der Waals surface area contributed by atoms with Crippen molar-refractivity contribution in [3.05, 3.63) is 65.0 Å². The number of ether oxygens (including phenoxy) is 1. The zero-order valence-corrected chi connectivity index (χ0v) is 18.2. The van der Waals surface area contributed by atoms with Gasteiger partial charge in [0.1, 0.15) is 6.10 Å². The van der Waals surface area contributed by atoms with E-state index >= 15 is 0 Å². The van der Waals surface area contributed by atoms with Crippen molar-refractivity contribution in [2.75, 3.05) is 18.0 Å². The average Bonchev–Trinajstić information content (AvgIpc) is 3.36. The van der Waals surface area contributed by atoms with Crippen molar-refractivity contribution in [3.63, 3.8) is 0 Å². The standard InChI is InChI=1S/C25H23N5O3/c1-15(31)27-13-20-14-30(25(32)33-20)19-9-10-21-16(12-19)5-4-8-22-23(28-29-24(21)22)17-6-3-7-18(11-17)26-2/h3,6-7,9-12,20H,4-5,8,13-14H2,1H3,(H,27,31)(H,28,29)/t20-/m0/s1. The minimum atomic E-state index is -0.400. The number of benzene rings is 2. The van der Waals surface area contributed by atoms with E-state index in [2.05, 4.69) is 20.4 Å². The molecular weight excluding hydrogens is 418 g/mol. The van der Waals surface area contributed by atoms with E-state index in [1.54, 1.807) is 11.0 Å². The van der Waals surface area contributed by atoms with Crippen LogP contribution >= 0.6 is 0 Å². The summed E-state index contributed by atoms with van der Waals surface area (Å²) in [7, 11) is 0. The molecule has 2 N–H and O–H groups in total. The van der Waals surface area contributed by atoms with E-state index in [1.807, 2.05) is 36.4 Å². The first-order valence-electron chi connectivity index (χ1n) is 10.9. The van der Waals surface area contributed by atoms with Crippen LogP contribution in [0.4, 0.5) is 16.2 Å². The molecule has 5 rings (SSSR count). The molecule has 0 radical (unpaired) electrons. The van der Waals surface area contributed by atoms with E-state index in [-0.39, 0.29) is 12.0 Å². The van der Waals surface area contributed by atoms with Gasteiger partial charge in [-0.3, -0.25) is 14.8 Å². The Labute approximate surface area is 191 Å². The van der Waals surface area contributed by atoms with Gasteiger partial charge in [-0.25, -0.2) is 9.64 Å². The summed E-state index contributed by atoms with van der Waals surface area (Å²) < 4.78 is 5.41. The van der Waals surface area contributed by atoms with Crippen molar-refractivity contribution in [2.45, 2.75) is 32.3 Å². The third-order valence-electron chi connectivity index (χ3n) is 6.11. The van der Waals surface area contributed by atoms with Gasteiger partial charge in [0.15, 0.2) is 5.69 Å². The largest absolute Gasteiger partial charge is 0.442 e. The molecule has 3 aromatic rings. The van der Waals surface area contributed by atoms with Gasteiger partial charge in [-0.15, -0.1) is 0 Å². The lowest BCUT2D eigenvalue weighted by Crippen LogP contribution is -2.33. The molecule has 8 nitrogen and oxygen atoms in total. The van der Waals surface area contributed by atoms with Crippen LogP contribution in [0.3, 0.4) is 0 Å². The molecule has 166 valence electrons. The minimum Gasteiger partial charge on any atom is -0.442 e. The number of rotatable bonds is 4. The van der Waals surface area contributed by atoms with Crippen LogP contribution in [-0.2, 0) is 22.4 Å². The maximum absolute atomic E-state index is 12.4. The molecule has 1 aromatic heterocycles. The third kappa shape index (κ3) is 3.94. The van der Waals surface area contributed by atoms with Gasteiger partial charge < -0.3 is 10.1 Å². The van der Waals surface area contributed by atoms with Gasteiger partial charge >= 0.3 is 6.09 Å². The summed E-state index contributed by atoms with van der Waals surface area (Å²) in [6.07, 6.45) is 1.94. The fraction of sp³-hybridized carbons (Fsp3) is 0.280. The van der Waals surface area contributed by atoms with Crippen LogP contribution < -0.4 is 10.2 Å². The molecule has 2 aromatic carbocycles. The number of nitrogens with one attached hydrogen (secondary N) is 2. The second-order valence-corrected chi connectivity index (χ2v) is 8.34. The summed E-state index contributed by atoms with van der Waals surface area (Å²) >= 11 is 0. The molecule has 0 saturated carbocycles. The Bertz CT molecular complexity index is 1290. The van der Waals surface area contributed by atoms with Crippen LogP contribution in [0.2, 0.25) is 0 Å². The zero-order chi connectivity index (χ0) is 22.9. The molecule has 0 spiro atoms. The van der Waals surface area contributed by atoms with Crippen LogP contribution in [-0.4, -0.2) is 41.4 Å². The highest BCUT2D eigenvalue weighted by Crippen LogP contribution is 2.38. The van der Waals surface area contributed by atoms with Crippen molar-refractivity contribution in [1.82, 2.24) is 15.5 Å². The SMILES string of the molecule is [C-]#[N+]c1cccc(-c2n[nH]c3c2CCCc2cc(N4C[C@H](CNC(C)=O)OC4=O)ccc2-3)c1. The normalized spacial score (nSPS) is 16.9. The van der Waals surface area contributed by atoms with Gasteiger partial charge in [0.05, 0.1) is 31.0 Å². The lowest BCUT2D eigenvalue weighted by Gasteiger charge is -2.16. The van der Waals surface area contributed by atoms with E-state index in [0.29, 0.717) is 18.8 Å². The number of carbonyl (C=O) groups is 2. The molecule has 1 aliphatic carbocycles. The molecule has 2 amide bonds. The maximum Gasteiger partial charge on any atom is 0.414 e. The number of cyclic esters (lactones) is 1. The molecule has 2 heterocycles. The smallest absolute Gasteiger partial charge is 0.414 e. The van der Waals surface area contributed by atoms with E-state index in [0.717, 1.165) is 58.6 Å². The number of amides is 2. The molecule has 0 unspecified atom stereocenters. The number of H-pyrrole nitrogens is 1. The summed E-state index contributed by atoms with van der Waals surface area (Å²) in [6, 6.07) is 13.5. The third-order valence-corrected chi connectivity index (χ3v) is 6.11. The Morgan fingerprint density at radius 3 is 3.00 bits per heavy atom. The average molecular weight is 441 g/mol. The van der Waals surface area contributed by atoms with Crippen LogP contribution in [0, 0.1) is 6.57 Å². The molecule has 0 bridgehead atoms. The molecule has 1 aliphatic heterocycles. The summed E-state index contributed by atoms with van der Waals surface area (Å²) in [5.74, 6) is -0.148. The predicted molar refractivity (Wildman–Crippen MR) is 124 cm³/mol. The highest BCUT2D eigenvalue weighted by molar-refractivity contribution is 5.91. The van der Waals surface area contributed by atoms with E-state index in [9.17, 15) is 9.59 Å². The van der Waals surface area contributed by atoms with Crippen LogP contribution in [0.5, 0.6) is 0 Å². The first-order valence-corrected chi connectivity index (χ1v) is 10.9. The number of aryl methyl sites for hydroxylation is 1. The van der Waals surface area contributed by atoms with E-state index in [1.165, 1.54) is 6.92 Å². The number of fused-ring (bicyclic) bond motifs is 3. The highest BCUT2D eigenvalue weighted by atomic mass is 16.6. The summed E-state index contributed by atoms with van der Waals surface area (Å²) in [5.41, 5.74) is 7.57. The van der Waals surface area contributed by atoms with E-state index in [4.69, 9.17) is 11.3 Å². The lowest BCUT2D eigenvalue weighted by atomic mass is 9.99. The zero-order valence-electron chi connectivity index (χ0n) is 18.2. The van der Waals surface area contributed by atoms with Crippen molar-refractivity contribution in [2.24, 2.45) is 0 Å². The minimum absolute atomic E-state index is 0.148. The van der Waals surface area contributed by atoms with Crippen molar-refractivity contribution in [1.29, 1.82) is 0 Å². The first-order chi connectivity index (χ1) is 16.0. The Morgan fingerprint density at radius 1 is 1.30 bits per heavy atom. The Hall–Kier alpha value is -4.12. The lowest BCUT2D eigenvalue weighted by molar-refractivity contribution is -0.119. The number of nitrogens with zero attached hydrogens (tertiary/aromatic N) is 3. The fourth-order valence-electron chi connectivity index (χ4n) is 4.54. The summed E-state index contributed by atoms with van der Waals surface area (Å²) in [4.78, 5) is 28.7. The topological polar surface area (TPSA) is 91.7 Å². The molecule has 33 heavy (non-hydrogen) atoms. The fourth-order valence-corrected chi connectivity index (χ4v) is 4.54. The monoisotopic (exact) mass is 441 g/mol.